The molecule has 1 atom stereocenters. The predicted octanol–water partition coefficient (Wildman–Crippen LogP) is 1.10. The van der Waals surface area contributed by atoms with Gasteiger partial charge in [-0.15, -0.1) is 0 Å². The largest absolute Gasteiger partial charge is 0.361 e. The van der Waals surface area contributed by atoms with Gasteiger partial charge in [0, 0.05) is 44.3 Å². The average molecular weight is 364 g/mol. The van der Waals surface area contributed by atoms with Gasteiger partial charge < -0.3 is 9.88 Å². The van der Waals surface area contributed by atoms with Crippen LogP contribution < -0.4 is 4.72 Å². The summed E-state index contributed by atoms with van der Waals surface area (Å²) in [6.07, 6.45) is 4.09. The van der Waals surface area contributed by atoms with Gasteiger partial charge in [0.05, 0.1) is 0 Å². The van der Waals surface area contributed by atoms with Gasteiger partial charge in [-0.05, 0) is 30.9 Å². The Labute approximate surface area is 148 Å². The molecule has 1 aromatic heterocycles. The number of likely N-dealkylation sites (tertiary alicyclic amines) is 1. The van der Waals surface area contributed by atoms with E-state index in [1.54, 1.807) is 4.90 Å². The van der Waals surface area contributed by atoms with Crippen LogP contribution in [-0.4, -0.2) is 61.7 Å². The van der Waals surface area contributed by atoms with Gasteiger partial charge in [-0.25, -0.2) is 0 Å². The van der Waals surface area contributed by atoms with Gasteiger partial charge in [-0.1, -0.05) is 18.2 Å². The first kappa shape index (κ1) is 17.9. The first-order chi connectivity index (χ1) is 11.9. The summed E-state index contributed by atoms with van der Waals surface area (Å²) < 4.78 is 28.2. The summed E-state index contributed by atoms with van der Waals surface area (Å²) in [6.45, 7) is 1.37. The Hall–Kier alpha value is -1.90. The lowest BCUT2D eigenvalue weighted by molar-refractivity contribution is -0.131. The van der Waals surface area contributed by atoms with Crippen molar-refractivity contribution in [3.05, 3.63) is 36.0 Å². The first-order valence-electron chi connectivity index (χ1n) is 8.42. The zero-order valence-corrected chi connectivity index (χ0v) is 15.3. The minimum atomic E-state index is -3.70. The molecule has 2 N–H and O–H groups in total. The van der Waals surface area contributed by atoms with E-state index in [1.807, 2.05) is 30.5 Å². The Morgan fingerprint density at radius 1 is 1.28 bits per heavy atom. The number of aromatic amines is 1. The van der Waals surface area contributed by atoms with E-state index in [0.717, 1.165) is 33.6 Å². The zero-order valence-electron chi connectivity index (χ0n) is 14.5. The maximum atomic E-state index is 12.9. The highest BCUT2D eigenvalue weighted by Gasteiger charge is 2.31. The van der Waals surface area contributed by atoms with Gasteiger partial charge in [0.15, 0.2) is 0 Å². The number of rotatable bonds is 6. The maximum absolute atomic E-state index is 12.9. The average Bonchev–Trinajstić information content (AvgIpc) is 3.23. The molecule has 3 rings (SSSR count). The molecule has 1 saturated heterocycles. The standard InChI is InChI=1S/C17H24N4O3S/c1-20(2)25(23,24)19-16(17(22)21-9-5-6-10-21)11-13-12-18-15-8-4-3-7-14(13)15/h3-4,7-8,12,16,18-19H,5-6,9-11H2,1-2H3/t16-/m0/s1. The highest BCUT2D eigenvalue weighted by Crippen LogP contribution is 2.20. The van der Waals surface area contributed by atoms with Gasteiger partial charge in [0.1, 0.15) is 6.04 Å². The van der Waals surface area contributed by atoms with Gasteiger partial charge in [-0.3, -0.25) is 4.79 Å². The number of carbonyl (C=O) groups excluding carboxylic acids is 1. The van der Waals surface area contributed by atoms with E-state index in [4.69, 9.17) is 0 Å². The number of fused-ring (bicyclic) bond motifs is 1. The Morgan fingerprint density at radius 2 is 1.96 bits per heavy atom. The normalized spacial score (nSPS) is 16.7. The number of nitrogens with one attached hydrogen (secondary N) is 2. The molecule has 2 aromatic rings. The van der Waals surface area contributed by atoms with Crippen molar-refractivity contribution in [3.63, 3.8) is 0 Å². The monoisotopic (exact) mass is 364 g/mol. The van der Waals surface area contributed by atoms with Crippen LogP contribution in [0.2, 0.25) is 0 Å². The fraction of sp³-hybridized carbons (Fsp3) is 0.471. The van der Waals surface area contributed by atoms with Crippen molar-refractivity contribution in [3.8, 4) is 0 Å². The second-order valence-electron chi connectivity index (χ2n) is 6.55. The highest BCUT2D eigenvalue weighted by atomic mass is 32.2. The second kappa shape index (κ2) is 7.15. The molecular weight excluding hydrogens is 340 g/mol. The second-order valence-corrected chi connectivity index (χ2v) is 8.47. The molecule has 1 amide bonds. The Bertz CT molecular complexity index is 854. The van der Waals surface area contributed by atoms with E-state index in [9.17, 15) is 13.2 Å². The van der Waals surface area contributed by atoms with Crippen molar-refractivity contribution in [1.82, 2.24) is 18.9 Å². The lowest BCUT2D eigenvalue weighted by Crippen LogP contribution is -2.51. The molecule has 0 aliphatic carbocycles. The summed E-state index contributed by atoms with van der Waals surface area (Å²) in [5, 5.41) is 1.01. The third kappa shape index (κ3) is 3.86. The summed E-state index contributed by atoms with van der Waals surface area (Å²) in [6, 6.07) is 6.98. The van der Waals surface area contributed by atoms with Crippen LogP contribution in [0.3, 0.4) is 0 Å². The molecule has 1 aliphatic heterocycles. The number of carbonyl (C=O) groups is 1. The Morgan fingerprint density at radius 3 is 2.64 bits per heavy atom. The number of benzene rings is 1. The minimum Gasteiger partial charge on any atom is -0.361 e. The van der Waals surface area contributed by atoms with Gasteiger partial charge in [0.25, 0.3) is 10.2 Å². The third-order valence-electron chi connectivity index (χ3n) is 4.59. The van der Waals surface area contributed by atoms with Crippen LogP contribution in [0.1, 0.15) is 18.4 Å². The number of para-hydroxylation sites is 1. The van der Waals surface area contributed by atoms with Crippen molar-refractivity contribution >= 4 is 27.0 Å². The molecule has 136 valence electrons. The maximum Gasteiger partial charge on any atom is 0.279 e. The number of amides is 1. The van der Waals surface area contributed by atoms with Crippen LogP contribution >= 0.6 is 0 Å². The van der Waals surface area contributed by atoms with E-state index < -0.39 is 16.3 Å². The summed E-state index contributed by atoms with van der Waals surface area (Å²) in [5.74, 6) is -0.159. The third-order valence-corrected chi connectivity index (χ3v) is 6.13. The van der Waals surface area contributed by atoms with Crippen molar-refractivity contribution < 1.29 is 13.2 Å². The molecule has 0 unspecified atom stereocenters. The molecular formula is C17H24N4O3S. The number of H-pyrrole nitrogens is 1. The van der Waals surface area contributed by atoms with Crippen LogP contribution in [0.4, 0.5) is 0 Å². The fourth-order valence-corrected chi connectivity index (χ4v) is 3.90. The smallest absolute Gasteiger partial charge is 0.279 e. The van der Waals surface area contributed by atoms with Crippen LogP contribution in [0.25, 0.3) is 10.9 Å². The minimum absolute atomic E-state index is 0.159. The lowest BCUT2D eigenvalue weighted by atomic mass is 10.0. The highest BCUT2D eigenvalue weighted by molar-refractivity contribution is 7.87. The van der Waals surface area contributed by atoms with Gasteiger partial charge in [0.2, 0.25) is 5.91 Å². The molecule has 2 heterocycles. The van der Waals surface area contributed by atoms with Crippen LogP contribution in [-0.2, 0) is 21.4 Å². The summed E-state index contributed by atoms with van der Waals surface area (Å²) >= 11 is 0. The van der Waals surface area contributed by atoms with Crippen LogP contribution in [0.5, 0.6) is 0 Å². The number of nitrogens with zero attached hydrogens (tertiary/aromatic N) is 2. The lowest BCUT2D eigenvalue weighted by Gasteiger charge is -2.25. The summed E-state index contributed by atoms with van der Waals surface area (Å²) in [5.41, 5.74) is 1.90. The van der Waals surface area contributed by atoms with E-state index in [0.29, 0.717) is 19.5 Å². The first-order valence-corrected chi connectivity index (χ1v) is 9.86. The van der Waals surface area contributed by atoms with E-state index >= 15 is 0 Å². The number of hydrogen-bond donors (Lipinski definition) is 2. The van der Waals surface area contributed by atoms with Gasteiger partial charge >= 0.3 is 0 Å². The fourth-order valence-electron chi connectivity index (χ4n) is 3.14. The molecule has 8 heteroatoms. The van der Waals surface area contributed by atoms with Crippen molar-refractivity contribution in [2.75, 3.05) is 27.2 Å². The molecule has 1 fully saturated rings. The van der Waals surface area contributed by atoms with Crippen LogP contribution in [0.15, 0.2) is 30.5 Å². The molecule has 0 spiro atoms. The Balaban J connectivity index is 1.88. The van der Waals surface area contributed by atoms with E-state index in [2.05, 4.69) is 9.71 Å². The molecule has 25 heavy (non-hydrogen) atoms. The summed E-state index contributed by atoms with van der Waals surface area (Å²) in [4.78, 5) is 17.8. The zero-order chi connectivity index (χ0) is 18.0. The molecule has 0 radical (unpaired) electrons. The SMILES string of the molecule is CN(C)S(=O)(=O)N[C@@H](Cc1c[nH]c2ccccc12)C(=O)N1CCCC1. The molecule has 7 nitrogen and oxygen atoms in total. The molecule has 0 bridgehead atoms. The van der Waals surface area contributed by atoms with Crippen molar-refractivity contribution in [1.29, 1.82) is 0 Å². The number of hydrogen-bond acceptors (Lipinski definition) is 3. The van der Waals surface area contributed by atoms with E-state index in [-0.39, 0.29) is 5.91 Å². The molecule has 1 aromatic carbocycles. The van der Waals surface area contributed by atoms with Crippen molar-refractivity contribution in [2.45, 2.75) is 25.3 Å². The van der Waals surface area contributed by atoms with Crippen LogP contribution in [0, 0.1) is 0 Å². The molecule has 0 saturated carbocycles. The van der Waals surface area contributed by atoms with Gasteiger partial charge in [-0.2, -0.15) is 17.4 Å². The summed E-state index contributed by atoms with van der Waals surface area (Å²) in [7, 11) is -0.803. The quantitative estimate of drug-likeness (QED) is 0.805. The topological polar surface area (TPSA) is 85.5 Å². The molecule has 1 aliphatic rings. The Kier molecular flexibility index (Phi) is 5.12. The van der Waals surface area contributed by atoms with Crippen molar-refractivity contribution in [2.24, 2.45) is 0 Å². The number of aromatic nitrogens is 1. The predicted molar refractivity (Wildman–Crippen MR) is 97.3 cm³/mol. The van der Waals surface area contributed by atoms with E-state index in [1.165, 1.54) is 14.1 Å².